The summed E-state index contributed by atoms with van der Waals surface area (Å²) in [6.07, 6.45) is 7.40. The minimum atomic E-state index is -0.393. The van der Waals surface area contributed by atoms with Crippen LogP contribution in [0.15, 0.2) is 43.0 Å². The number of pyridine rings is 2. The molecule has 1 aliphatic rings. The minimum Gasteiger partial charge on any atom is -0.399 e. The van der Waals surface area contributed by atoms with Gasteiger partial charge >= 0.3 is 7.12 Å². The predicted octanol–water partition coefficient (Wildman–Crippen LogP) is 2.17. The van der Waals surface area contributed by atoms with Crippen LogP contribution in [0.25, 0.3) is 11.0 Å². The fourth-order valence-corrected chi connectivity index (χ4v) is 2.84. The molecule has 0 amide bonds. The van der Waals surface area contributed by atoms with Gasteiger partial charge in [-0.2, -0.15) is 5.10 Å². The molecule has 0 unspecified atom stereocenters. The Labute approximate surface area is 147 Å². The molecule has 0 bridgehead atoms. The van der Waals surface area contributed by atoms with Gasteiger partial charge in [0.2, 0.25) is 0 Å². The highest BCUT2D eigenvalue weighted by Gasteiger charge is 2.52. The molecule has 0 spiro atoms. The zero-order valence-corrected chi connectivity index (χ0v) is 14.9. The molecular formula is C18H21BN4O2. The number of fused-ring (bicyclic) bond motifs is 1. The highest BCUT2D eigenvalue weighted by molar-refractivity contribution is 6.62. The van der Waals surface area contributed by atoms with E-state index in [0.29, 0.717) is 6.54 Å². The van der Waals surface area contributed by atoms with Gasteiger partial charge in [-0.25, -0.2) is 0 Å². The van der Waals surface area contributed by atoms with E-state index in [0.717, 1.165) is 22.1 Å². The van der Waals surface area contributed by atoms with E-state index in [2.05, 4.69) is 15.1 Å². The molecule has 6 nitrogen and oxygen atoms in total. The summed E-state index contributed by atoms with van der Waals surface area (Å²) in [5.74, 6) is 0. The van der Waals surface area contributed by atoms with Crippen LogP contribution in [0.1, 0.15) is 33.3 Å². The maximum absolute atomic E-state index is 6.07. The molecule has 0 radical (unpaired) electrons. The summed E-state index contributed by atoms with van der Waals surface area (Å²) in [4.78, 5) is 8.80. The smallest absolute Gasteiger partial charge is 0.399 e. The summed E-state index contributed by atoms with van der Waals surface area (Å²) in [7, 11) is -0.393. The molecule has 1 fully saturated rings. The van der Waals surface area contributed by atoms with Crippen molar-refractivity contribution < 1.29 is 9.31 Å². The van der Waals surface area contributed by atoms with Crippen LogP contribution >= 0.6 is 0 Å². The van der Waals surface area contributed by atoms with E-state index < -0.39 is 7.12 Å². The summed E-state index contributed by atoms with van der Waals surface area (Å²) >= 11 is 0. The Bertz CT molecular complexity index is 906. The molecular weight excluding hydrogens is 315 g/mol. The van der Waals surface area contributed by atoms with Gasteiger partial charge in [-0.15, -0.1) is 0 Å². The molecule has 3 aromatic rings. The molecule has 25 heavy (non-hydrogen) atoms. The zero-order chi connectivity index (χ0) is 17.7. The third-order valence-electron chi connectivity index (χ3n) is 5.03. The quantitative estimate of drug-likeness (QED) is 0.686. The van der Waals surface area contributed by atoms with Gasteiger partial charge in [-0.1, -0.05) is 0 Å². The van der Waals surface area contributed by atoms with Gasteiger partial charge in [-0.3, -0.25) is 14.6 Å². The summed E-state index contributed by atoms with van der Waals surface area (Å²) in [6.45, 7) is 8.81. The zero-order valence-electron chi connectivity index (χ0n) is 14.9. The van der Waals surface area contributed by atoms with Gasteiger partial charge < -0.3 is 9.31 Å². The van der Waals surface area contributed by atoms with Gasteiger partial charge in [0.1, 0.15) is 0 Å². The highest BCUT2D eigenvalue weighted by atomic mass is 16.7. The Morgan fingerprint density at radius 3 is 2.56 bits per heavy atom. The summed E-state index contributed by atoms with van der Waals surface area (Å²) in [5, 5.41) is 4.44. The first-order valence-electron chi connectivity index (χ1n) is 8.42. The largest absolute Gasteiger partial charge is 0.498 e. The molecule has 0 saturated carbocycles. The molecule has 0 aromatic carbocycles. The molecule has 1 saturated heterocycles. The molecule has 7 heteroatoms. The lowest BCUT2D eigenvalue weighted by molar-refractivity contribution is 0.00578. The van der Waals surface area contributed by atoms with Crippen LogP contribution in [0.5, 0.6) is 0 Å². The highest BCUT2D eigenvalue weighted by Crippen LogP contribution is 2.36. The SMILES string of the molecule is CC1(C)OB(c2cnn(Cc3cnc4cccnc4c3)c2)OC1(C)C. The molecule has 128 valence electrons. The normalized spacial score (nSPS) is 18.8. The topological polar surface area (TPSA) is 62.1 Å². The van der Waals surface area contributed by atoms with Crippen molar-refractivity contribution in [1.29, 1.82) is 0 Å². The van der Waals surface area contributed by atoms with E-state index in [-0.39, 0.29) is 11.2 Å². The lowest BCUT2D eigenvalue weighted by Gasteiger charge is -2.32. The van der Waals surface area contributed by atoms with E-state index in [4.69, 9.17) is 9.31 Å². The van der Waals surface area contributed by atoms with E-state index in [1.165, 1.54) is 0 Å². The molecule has 4 rings (SSSR count). The van der Waals surface area contributed by atoms with Gasteiger partial charge in [0.15, 0.2) is 0 Å². The van der Waals surface area contributed by atoms with E-state index >= 15 is 0 Å². The number of rotatable bonds is 3. The molecule has 3 aromatic heterocycles. The van der Waals surface area contributed by atoms with Crippen LogP contribution < -0.4 is 5.46 Å². The summed E-state index contributed by atoms with van der Waals surface area (Å²) in [5.41, 5.74) is 3.05. The second kappa shape index (κ2) is 5.64. The lowest BCUT2D eigenvalue weighted by atomic mass is 9.82. The fourth-order valence-electron chi connectivity index (χ4n) is 2.84. The van der Waals surface area contributed by atoms with Crippen molar-refractivity contribution in [3.05, 3.63) is 48.5 Å². The average molecular weight is 336 g/mol. The van der Waals surface area contributed by atoms with Crippen LogP contribution in [-0.2, 0) is 15.9 Å². The van der Waals surface area contributed by atoms with Crippen molar-refractivity contribution in [3.8, 4) is 0 Å². The number of hydrogen-bond donors (Lipinski definition) is 0. The van der Waals surface area contributed by atoms with Crippen LogP contribution in [0, 0.1) is 0 Å². The Kier molecular flexibility index (Phi) is 3.66. The van der Waals surface area contributed by atoms with E-state index in [1.807, 2.05) is 63.0 Å². The van der Waals surface area contributed by atoms with Crippen LogP contribution in [-0.4, -0.2) is 38.1 Å². The predicted molar refractivity (Wildman–Crippen MR) is 96.6 cm³/mol. The van der Waals surface area contributed by atoms with Crippen LogP contribution in [0.3, 0.4) is 0 Å². The second-order valence-corrected chi connectivity index (χ2v) is 7.44. The van der Waals surface area contributed by atoms with Crippen molar-refractivity contribution >= 4 is 23.6 Å². The first kappa shape index (κ1) is 16.2. The monoisotopic (exact) mass is 336 g/mol. The standard InChI is InChI=1S/C18H21BN4O2/c1-17(2)18(3,4)25-19(24-17)14-10-22-23(12-14)11-13-8-16-15(21-9-13)6-5-7-20-16/h5-10,12H,11H2,1-4H3. The van der Waals surface area contributed by atoms with Gasteiger partial charge in [0, 0.05) is 30.3 Å². The third kappa shape index (κ3) is 2.94. The van der Waals surface area contributed by atoms with Crippen molar-refractivity contribution in [1.82, 2.24) is 19.7 Å². The first-order valence-corrected chi connectivity index (χ1v) is 8.42. The average Bonchev–Trinajstić information content (AvgIpc) is 3.10. The Morgan fingerprint density at radius 1 is 1.04 bits per heavy atom. The number of aromatic nitrogens is 4. The Morgan fingerprint density at radius 2 is 1.80 bits per heavy atom. The Balaban J connectivity index is 1.53. The van der Waals surface area contributed by atoms with Crippen molar-refractivity contribution in [2.24, 2.45) is 0 Å². The molecule has 0 atom stereocenters. The van der Waals surface area contributed by atoms with Crippen molar-refractivity contribution in [3.63, 3.8) is 0 Å². The summed E-state index contributed by atoms with van der Waals surface area (Å²) in [6, 6.07) is 5.88. The van der Waals surface area contributed by atoms with Crippen molar-refractivity contribution in [2.75, 3.05) is 0 Å². The summed E-state index contributed by atoms with van der Waals surface area (Å²) < 4.78 is 14.0. The van der Waals surface area contributed by atoms with Gasteiger partial charge in [0.25, 0.3) is 0 Å². The second-order valence-electron chi connectivity index (χ2n) is 7.44. The number of hydrogen-bond acceptors (Lipinski definition) is 5. The van der Waals surface area contributed by atoms with E-state index in [9.17, 15) is 0 Å². The molecule has 1 aliphatic heterocycles. The fraction of sp³-hybridized carbons (Fsp3) is 0.389. The van der Waals surface area contributed by atoms with Gasteiger partial charge in [0.05, 0.1) is 28.8 Å². The molecule has 4 heterocycles. The minimum absolute atomic E-state index is 0.353. The van der Waals surface area contributed by atoms with Crippen LogP contribution in [0.4, 0.5) is 0 Å². The molecule has 0 aliphatic carbocycles. The molecule has 0 N–H and O–H groups in total. The number of nitrogens with zero attached hydrogens (tertiary/aromatic N) is 4. The van der Waals surface area contributed by atoms with E-state index in [1.54, 1.807) is 12.4 Å². The van der Waals surface area contributed by atoms with Crippen LogP contribution in [0.2, 0.25) is 0 Å². The Hall–Kier alpha value is -2.25. The third-order valence-corrected chi connectivity index (χ3v) is 5.03. The lowest BCUT2D eigenvalue weighted by Crippen LogP contribution is -2.41. The van der Waals surface area contributed by atoms with Crippen molar-refractivity contribution in [2.45, 2.75) is 45.4 Å². The first-order chi connectivity index (χ1) is 11.8. The maximum Gasteiger partial charge on any atom is 0.498 e. The van der Waals surface area contributed by atoms with Gasteiger partial charge in [-0.05, 0) is 51.5 Å². The maximum atomic E-state index is 6.07.